The Kier molecular flexibility index (Phi) is 7.22. The molecule has 0 bridgehead atoms. The Labute approximate surface area is 217 Å². The third kappa shape index (κ3) is 5.99. The second-order valence-electron chi connectivity index (χ2n) is 9.77. The van der Waals surface area contributed by atoms with Gasteiger partial charge in [-0.2, -0.15) is 13.2 Å². The van der Waals surface area contributed by atoms with Crippen molar-refractivity contribution in [3.8, 4) is 17.2 Å². The number of para-hydroxylation sites is 1. The molecule has 0 spiro atoms. The zero-order chi connectivity index (χ0) is 27.7. The van der Waals surface area contributed by atoms with Gasteiger partial charge in [-0.25, -0.2) is 0 Å². The molecule has 0 fully saturated rings. The van der Waals surface area contributed by atoms with Crippen LogP contribution in [0.5, 0.6) is 17.2 Å². The number of amides is 1. The fourth-order valence-corrected chi connectivity index (χ4v) is 3.71. The summed E-state index contributed by atoms with van der Waals surface area (Å²) in [5, 5.41) is 2.57. The molecule has 4 rings (SSSR count). The lowest BCUT2D eigenvalue weighted by Crippen LogP contribution is -2.20. The molecule has 0 radical (unpaired) electrons. The van der Waals surface area contributed by atoms with Crippen molar-refractivity contribution in [3.05, 3.63) is 93.8 Å². The van der Waals surface area contributed by atoms with E-state index in [0.717, 1.165) is 17.2 Å². The van der Waals surface area contributed by atoms with E-state index in [2.05, 4.69) is 5.32 Å². The molecule has 0 unspecified atom stereocenters. The van der Waals surface area contributed by atoms with Crippen molar-refractivity contribution < 1.29 is 31.9 Å². The van der Waals surface area contributed by atoms with Crippen LogP contribution < -0.4 is 20.2 Å². The molecular formula is C29H26F3NO5. The highest BCUT2D eigenvalue weighted by Crippen LogP contribution is 2.39. The molecule has 0 aliphatic carbocycles. The van der Waals surface area contributed by atoms with E-state index in [9.17, 15) is 22.8 Å². The Bertz CT molecular complexity index is 1530. The van der Waals surface area contributed by atoms with E-state index in [1.54, 1.807) is 24.3 Å². The molecule has 0 aliphatic rings. The van der Waals surface area contributed by atoms with Gasteiger partial charge in [0.15, 0.2) is 6.61 Å². The first-order valence-electron chi connectivity index (χ1n) is 11.8. The number of nitrogens with one attached hydrogen (secondary N) is 1. The zero-order valence-corrected chi connectivity index (χ0v) is 21.2. The average Bonchev–Trinajstić information content (AvgIpc) is 2.85. The Hall–Kier alpha value is -4.27. The second-order valence-corrected chi connectivity index (χ2v) is 9.77. The third-order valence-electron chi connectivity index (χ3n) is 5.81. The van der Waals surface area contributed by atoms with E-state index in [4.69, 9.17) is 13.9 Å². The van der Waals surface area contributed by atoms with E-state index in [1.807, 2.05) is 39.8 Å². The molecule has 3 aromatic carbocycles. The van der Waals surface area contributed by atoms with E-state index in [0.29, 0.717) is 5.69 Å². The molecule has 38 heavy (non-hydrogen) atoms. The summed E-state index contributed by atoms with van der Waals surface area (Å²) < 4.78 is 57.6. The highest BCUT2D eigenvalue weighted by molar-refractivity contribution is 5.92. The molecule has 6 nitrogen and oxygen atoms in total. The molecule has 4 aromatic rings. The third-order valence-corrected chi connectivity index (χ3v) is 5.81. The lowest BCUT2D eigenvalue weighted by Gasteiger charge is -2.19. The van der Waals surface area contributed by atoms with Gasteiger partial charge in [-0.15, -0.1) is 0 Å². The van der Waals surface area contributed by atoms with Crippen LogP contribution in [0.4, 0.5) is 18.9 Å². The number of aryl methyl sites for hydroxylation is 1. The van der Waals surface area contributed by atoms with Crippen LogP contribution in [0, 0.1) is 6.92 Å². The summed E-state index contributed by atoms with van der Waals surface area (Å²) in [6.07, 6.45) is -5.00. The fourth-order valence-electron chi connectivity index (χ4n) is 3.71. The van der Waals surface area contributed by atoms with Crippen molar-refractivity contribution in [2.45, 2.75) is 39.3 Å². The van der Waals surface area contributed by atoms with Crippen molar-refractivity contribution >= 4 is 22.6 Å². The number of fused-ring (bicyclic) bond motifs is 1. The predicted octanol–water partition coefficient (Wildman–Crippen LogP) is 7.23. The topological polar surface area (TPSA) is 77.8 Å². The summed E-state index contributed by atoms with van der Waals surface area (Å²) in [5.74, 6) is -2.86. The minimum absolute atomic E-state index is 0.0557. The minimum Gasteiger partial charge on any atom is -0.484 e. The van der Waals surface area contributed by atoms with Gasteiger partial charge in [-0.05, 0) is 53.8 Å². The van der Waals surface area contributed by atoms with Crippen LogP contribution in [0.3, 0.4) is 0 Å². The summed E-state index contributed by atoms with van der Waals surface area (Å²) in [7, 11) is 0. The van der Waals surface area contributed by atoms with Gasteiger partial charge in [0.2, 0.25) is 11.2 Å². The zero-order valence-electron chi connectivity index (χ0n) is 21.2. The monoisotopic (exact) mass is 525 g/mol. The first-order valence-corrected chi connectivity index (χ1v) is 11.8. The summed E-state index contributed by atoms with van der Waals surface area (Å²) >= 11 is 0. The second kappa shape index (κ2) is 10.2. The lowest BCUT2D eigenvalue weighted by atomic mass is 9.87. The maximum Gasteiger partial charge on any atom is 0.453 e. The molecule has 1 heterocycles. The van der Waals surface area contributed by atoms with Crippen molar-refractivity contribution in [2.75, 3.05) is 11.9 Å². The SMILES string of the molecule is Cc1ccccc1NC(=O)COc1ccc2c(=O)c(Oc3ccc(C(C)(C)C)cc3)c(C(F)(F)F)oc2c1. The van der Waals surface area contributed by atoms with Crippen molar-refractivity contribution in [1.29, 1.82) is 0 Å². The normalized spacial score (nSPS) is 11.9. The molecule has 0 aliphatic heterocycles. The molecule has 0 atom stereocenters. The Balaban J connectivity index is 1.60. The number of hydrogen-bond donors (Lipinski definition) is 1. The number of alkyl halides is 3. The standard InChI is InChI=1S/C29H26F3NO5/c1-17-7-5-6-8-22(17)33-24(34)16-36-20-13-14-21-23(15-20)38-27(29(30,31)32)26(25(21)35)37-19-11-9-18(10-12-19)28(2,3)4/h5-15H,16H2,1-4H3,(H,33,34). The van der Waals surface area contributed by atoms with Crippen LogP contribution in [-0.2, 0) is 16.4 Å². The van der Waals surface area contributed by atoms with Crippen LogP contribution >= 0.6 is 0 Å². The summed E-state index contributed by atoms with van der Waals surface area (Å²) in [4.78, 5) is 25.3. The number of hydrogen-bond acceptors (Lipinski definition) is 5. The molecule has 9 heteroatoms. The van der Waals surface area contributed by atoms with Gasteiger partial charge in [-0.1, -0.05) is 51.1 Å². The van der Waals surface area contributed by atoms with Gasteiger partial charge in [0.25, 0.3) is 11.7 Å². The minimum atomic E-state index is -5.00. The summed E-state index contributed by atoms with van der Waals surface area (Å²) in [6.45, 7) is 7.42. The number of anilines is 1. The first kappa shape index (κ1) is 26.8. The average molecular weight is 526 g/mol. The number of ether oxygens (including phenoxy) is 2. The largest absolute Gasteiger partial charge is 0.484 e. The fraction of sp³-hybridized carbons (Fsp3) is 0.241. The number of carbonyl (C=O) groups is 1. The smallest absolute Gasteiger partial charge is 0.453 e. The van der Waals surface area contributed by atoms with E-state index < -0.39 is 35.6 Å². The molecule has 1 N–H and O–H groups in total. The van der Waals surface area contributed by atoms with Gasteiger partial charge in [-0.3, -0.25) is 9.59 Å². The summed E-state index contributed by atoms with van der Waals surface area (Å²) in [6, 6.07) is 17.4. The van der Waals surface area contributed by atoms with Crippen molar-refractivity contribution in [2.24, 2.45) is 0 Å². The van der Waals surface area contributed by atoms with Crippen LogP contribution in [0.1, 0.15) is 37.7 Å². The number of halogens is 3. The Morgan fingerprint density at radius 3 is 2.24 bits per heavy atom. The van der Waals surface area contributed by atoms with E-state index in [-0.39, 0.29) is 27.9 Å². The molecular weight excluding hydrogens is 499 g/mol. The quantitative estimate of drug-likeness (QED) is 0.287. The highest BCUT2D eigenvalue weighted by Gasteiger charge is 2.40. The highest BCUT2D eigenvalue weighted by atomic mass is 19.4. The summed E-state index contributed by atoms with van der Waals surface area (Å²) in [5.41, 5.74) is 0.916. The van der Waals surface area contributed by atoms with Crippen LogP contribution in [0.25, 0.3) is 11.0 Å². The van der Waals surface area contributed by atoms with Gasteiger partial charge in [0.1, 0.15) is 17.1 Å². The van der Waals surface area contributed by atoms with Crippen LogP contribution in [0.2, 0.25) is 0 Å². The molecule has 0 saturated heterocycles. The van der Waals surface area contributed by atoms with Crippen LogP contribution in [-0.4, -0.2) is 12.5 Å². The Morgan fingerprint density at radius 2 is 1.61 bits per heavy atom. The predicted molar refractivity (Wildman–Crippen MR) is 138 cm³/mol. The van der Waals surface area contributed by atoms with Gasteiger partial charge in [0, 0.05) is 11.8 Å². The molecule has 198 valence electrons. The lowest BCUT2D eigenvalue weighted by molar-refractivity contribution is -0.154. The number of carbonyl (C=O) groups excluding carboxylic acids is 1. The van der Waals surface area contributed by atoms with Crippen molar-refractivity contribution in [3.63, 3.8) is 0 Å². The first-order chi connectivity index (χ1) is 17.8. The molecule has 0 saturated carbocycles. The maximum absolute atomic E-state index is 13.9. The number of benzene rings is 3. The Morgan fingerprint density at radius 1 is 0.947 bits per heavy atom. The van der Waals surface area contributed by atoms with E-state index >= 15 is 0 Å². The molecule has 1 aromatic heterocycles. The van der Waals surface area contributed by atoms with Crippen molar-refractivity contribution in [1.82, 2.24) is 0 Å². The molecule has 1 amide bonds. The van der Waals surface area contributed by atoms with Gasteiger partial charge < -0.3 is 19.2 Å². The van der Waals surface area contributed by atoms with Crippen LogP contribution in [0.15, 0.2) is 75.9 Å². The number of rotatable bonds is 6. The van der Waals surface area contributed by atoms with E-state index in [1.165, 1.54) is 24.3 Å². The van der Waals surface area contributed by atoms with Gasteiger partial charge >= 0.3 is 6.18 Å². The maximum atomic E-state index is 13.9. The van der Waals surface area contributed by atoms with Gasteiger partial charge in [0.05, 0.1) is 5.39 Å².